The molecule has 1 aliphatic carbocycles. The van der Waals surface area contributed by atoms with E-state index >= 15 is 0 Å². The van der Waals surface area contributed by atoms with Crippen molar-refractivity contribution in [3.8, 4) is 0 Å². The summed E-state index contributed by atoms with van der Waals surface area (Å²) in [6, 6.07) is 2.58. The van der Waals surface area contributed by atoms with E-state index in [1.807, 2.05) is 6.07 Å². The van der Waals surface area contributed by atoms with Crippen LogP contribution in [0.25, 0.3) is 0 Å². The molecule has 2 aromatic rings. The molecule has 0 aromatic carbocycles. The number of hydrogen-bond acceptors (Lipinski definition) is 4. The number of amides is 2. The normalized spacial score (nSPS) is 13.7. The van der Waals surface area contributed by atoms with Crippen LogP contribution in [0.5, 0.6) is 0 Å². The maximum atomic E-state index is 12.4. The van der Waals surface area contributed by atoms with Crippen LogP contribution in [0.3, 0.4) is 0 Å². The van der Waals surface area contributed by atoms with E-state index in [2.05, 4.69) is 25.3 Å². The molecule has 1 aliphatic rings. The van der Waals surface area contributed by atoms with Crippen molar-refractivity contribution in [3.63, 3.8) is 0 Å². The fraction of sp³-hybridized carbons (Fsp3) is 0.400. The van der Waals surface area contributed by atoms with Crippen molar-refractivity contribution >= 4 is 11.7 Å². The Hall–Kier alpha value is -2.51. The minimum atomic E-state index is -2.72. The van der Waals surface area contributed by atoms with Crippen molar-refractivity contribution in [2.45, 2.75) is 38.7 Å². The summed E-state index contributed by atoms with van der Waals surface area (Å²) in [5.74, 6) is -0.513. The smallest absolute Gasteiger partial charge is 0.319 e. The third-order valence-corrected chi connectivity index (χ3v) is 3.65. The Morgan fingerprint density at radius 2 is 2.13 bits per heavy atom. The Morgan fingerprint density at radius 3 is 2.91 bits per heavy atom. The number of carbonyl (C=O) groups is 1. The molecule has 23 heavy (non-hydrogen) atoms. The van der Waals surface area contributed by atoms with Crippen LogP contribution >= 0.6 is 0 Å². The zero-order chi connectivity index (χ0) is 16.2. The number of fused-ring (bicyclic) bond motifs is 1. The molecule has 0 aliphatic heterocycles. The molecule has 0 saturated heterocycles. The summed E-state index contributed by atoms with van der Waals surface area (Å²) < 4.78 is 29.2. The summed E-state index contributed by atoms with van der Waals surface area (Å²) in [5.41, 5.74) is 3.09. The second kappa shape index (κ2) is 6.72. The third kappa shape index (κ3) is 3.82. The Bertz CT molecular complexity index is 703. The number of halogens is 2. The molecule has 2 aromatic heterocycles. The van der Waals surface area contributed by atoms with E-state index in [9.17, 15) is 13.6 Å². The predicted molar refractivity (Wildman–Crippen MR) is 78.2 cm³/mol. The second-order valence-corrected chi connectivity index (χ2v) is 5.37. The first-order valence-corrected chi connectivity index (χ1v) is 7.38. The molecule has 0 saturated carbocycles. The van der Waals surface area contributed by atoms with Crippen molar-refractivity contribution in [1.82, 2.24) is 15.5 Å². The first kappa shape index (κ1) is 15.4. The van der Waals surface area contributed by atoms with E-state index in [0.717, 1.165) is 43.0 Å². The summed E-state index contributed by atoms with van der Waals surface area (Å²) >= 11 is 0. The number of aromatic nitrogens is 2. The van der Waals surface area contributed by atoms with Gasteiger partial charge in [-0.25, -0.2) is 13.6 Å². The van der Waals surface area contributed by atoms with Gasteiger partial charge in [0.05, 0.1) is 18.4 Å². The number of rotatable bonds is 4. The van der Waals surface area contributed by atoms with Crippen molar-refractivity contribution in [2.75, 3.05) is 5.32 Å². The highest BCUT2D eigenvalue weighted by atomic mass is 19.3. The SMILES string of the molecule is O=C(NCc1cc(C(F)F)on1)Nc1cnc2c(c1)CCCC2. The van der Waals surface area contributed by atoms with E-state index in [4.69, 9.17) is 0 Å². The number of anilines is 1. The van der Waals surface area contributed by atoms with Crippen LogP contribution in [-0.4, -0.2) is 16.2 Å². The van der Waals surface area contributed by atoms with Crippen LogP contribution in [0, 0.1) is 0 Å². The topological polar surface area (TPSA) is 80.0 Å². The van der Waals surface area contributed by atoms with Crippen molar-refractivity contribution in [3.05, 3.63) is 41.0 Å². The zero-order valence-corrected chi connectivity index (χ0v) is 12.3. The predicted octanol–water partition coefficient (Wildman–Crippen LogP) is 3.21. The lowest BCUT2D eigenvalue weighted by atomic mass is 9.96. The number of carbonyl (C=O) groups excluding carboxylic acids is 1. The van der Waals surface area contributed by atoms with Gasteiger partial charge in [0.25, 0.3) is 6.43 Å². The lowest BCUT2D eigenvalue weighted by Crippen LogP contribution is -2.28. The molecule has 8 heteroatoms. The van der Waals surface area contributed by atoms with Crippen LogP contribution in [-0.2, 0) is 19.4 Å². The fourth-order valence-corrected chi connectivity index (χ4v) is 2.52. The van der Waals surface area contributed by atoms with Crippen LogP contribution in [0.1, 0.15) is 42.0 Å². The Kier molecular flexibility index (Phi) is 4.50. The zero-order valence-electron chi connectivity index (χ0n) is 12.3. The highest BCUT2D eigenvalue weighted by Crippen LogP contribution is 2.22. The monoisotopic (exact) mass is 322 g/mol. The van der Waals surface area contributed by atoms with Crippen LogP contribution in [0.2, 0.25) is 0 Å². The third-order valence-electron chi connectivity index (χ3n) is 3.65. The molecule has 0 unspecified atom stereocenters. The summed E-state index contributed by atoms with van der Waals surface area (Å²) in [4.78, 5) is 16.2. The summed E-state index contributed by atoms with van der Waals surface area (Å²) in [7, 11) is 0. The molecule has 0 radical (unpaired) electrons. The molecular formula is C15H16F2N4O2. The summed E-state index contributed by atoms with van der Waals surface area (Å²) in [6.07, 6.45) is 3.12. The highest BCUT2D eigenvalue weighted by molar-refractivity contribution is 5.89. The van der Waals surface area contributed by atoms with Gasteiger partial charge >= 0.3 is 6.03 Å². The van der Waals surface area contributed by atoms with E-state index in [1.54, 1.807) is 6.20 Å². The minimum Gasteiger partial charge on any atom is -0.355 e. The first-order chi connectivity index (χ1) is 11.1. The van der Waals surface area contributed by atoms with Gasteiger partial charge in [0.2, 0.25) is 5.76 Å². The maximum absolute atomic E-state index is 12.4. The van der Waals surface area contributed by atoms with Gasteiger partial charge in [-0.15, -0.1) is 0 Å². The standard InChI is InChI=1S/C15H16F2N4O2/c16-14(17)13-6-11(21-23-13)8-19-15(22)20-10-5-9-3-1-2-4-12(9)18-7-10/h5-7,14H,1-4,8H2,(H2,19,20,22). The molecule has 0 spiro atoms. The van der Waals surface area contributed by atoms with Gasteiger partial charge in [-0.3, -0.25) is 4.98 Å². The number of pyridine rings is 1. The fourth-order valence-electron chi connectivity index (χ4n) is 2.52. The highest BCUT2D eigenvalue weighted by Gasteiger charge is 2.15. The number of nitrogens with one attached hydrogen (secondary N) is 2. The van der Waals surface area contributed by atoms with Gasteiger partial charge in [0.1, 0.15) is 5.69 Å². The molecule has 2 amide bonds. The molecule has 2 N–H and O–H groups in total. The van der Waals surface area contributed by atoms with Gasteiger partial charge in [-0.1, -0.05) is 5.16 Å². The molecule has 0 bridgehead atoms. The number of urea groups is 1. The molecule has 6 nitrogen and oxygen atoms in total. The van der Waals surface area contributed by atoms with Crippen molar-refractivity contribution in [2.24, 2.45) is 0 Å². The lowest BCUT2D eigenvalue weighted by molar-refractivity contribution is 0.112. The van der Waals surface area contributed by atoms with Gasteiger partial charge in [-0.2, -0.15) is 0 Å². The maximum Gasteiger partial charge on any atom is 0.319 e. The van der Waals surface area contributed by atoms with Gasteiger partial charge < -0.3 is 15.2 Å². The number of nitrogens with zero attached hydrogens (tertiary/aromatic N) is 2. The molecule has 0 fully saturated rings. The van der Waals surface area contributed by atoms with E-state index in [1.165, 1.54) is 0 Å². The molecule has 122 valence electrons. The summed E-state index contributed by atoms with van der Waals surface area (Å²) in [5, 5.41) is 8.67. The van der Waals surface area contributed by atoms with Crippen LogP contribution < -0.4 is 10.6 Å². The van der Waals surface area contributed by atoms with Gasteiger partial charge in [0, 0.05) is 11.8 Å². The number of aryl methyl sites for hydroxylation is 2. The van der Waals surface area contributed by atoms with E-state index < -0.39 is 18.2 Å². The Morgan fingerprint density at radius 1 is 1.30 bits per heavy atom. The average molecular weight is 322 g/mol. The Labute approximate surface area is 131 Å². The first-order valence-electron chi connectivity index (χ1n) is 7.38. The van der Waals surface area contributed by atoms with Crippen molar-refractivity contribution < 1.29 is 18.1 Å². The summed E-state index contributed by atoms with van der Waals surface area (Å²) in [6.45, 7) is 0.000419. The molecular weight excluding hydrogens is 306 g/mol. The largest absolute Gasteiger partial charge is 0.355 e. The Balaban J connectivity index is 1.54. The van der Waals surface area contributed by atoms with E-state index in [0.29, 0.717) is 5.69 Å². The molecule has 3 rings (SSSR count). The van der Waals surface area contributed by atoms with Gasteiger partial charge in [-0.05, 0) is 37.3 Å². The number of hydrogen-bond donors (Lipinski definition) is 2. The van der Waals surface area contributed by atoms with Crippen LogP contribution in [0.4, 0.5) is 19.3 Å². The average Bonchev–Trinajstić information content (AvgIpc) is 3.02. The second-order valence-electron chi connectivity index (χ2n) is 5.37. The van der Waals surface area contributed by atoms with Gasteiger partial charge in [0.15, 0.2) is 0 Å². The molecule has 2 heterocycles. The van der Waals surface area contributed by atoms with Crippen LogP contribution in [0.15, 0.2) is 22.9 Å². The quantitative estimate of drug-likeness (QED) is 0.906. The van der Waals surface area contributed by atoms with Crippen molar-refractivity contribution in [1.29, 1.82) is 0 Å². The minimum absolute atomic E-state index is 0.000419. The lowest BCUT2D eigenvalue weighted by Gasteiger charge is -2.15. The number of alkyl halides is 2. The van der Waals surface area contributed by atoms with E-state index in [-0.39, 0.29) is 12.2 Å². The molecule has 0 atom stereocenters.